The molecule has 1 heterocycles. The molecule has 1 aromatic rings. The highest BCUT2D eigenvalue weighted by Crippen LogP contribution is 2.17. The Hall–Kier alpha value is -1.19. The molecule has 1 atom stereocenters. The van der Waals surface area contributed by atoms with Crippen molar-refractivity contribution in [3.8, 4) is 0 Å². The Morgan fingerprint density at radius 2 is 2.05 bits per heavy atom. The van der Waals surface area contributed by atoms with Crippen molar-refractivity contribution in [1.29, 1.82) is 0 Å². The normalized spacial score (nSPS) is 20.7. The van der Waals surface area contributed by atoms with E-state index in [0.717, 1.165) is 18.7 Å². The molecule has 0 saturated carbocycles. The Morgan fingerprint density at radius 3 is 2.63 bits per heavy atom. The molecule has 0 radical (unpaired) electrons. The van der Waals surface area contributed by atoms with Crippen LogP contribution in [0.1, 0.15) is 42.6 Å². The predicted octanol–water partition coefficient (Wildman–Crippen LogP) is 2.71. The third kappa shape index (κ3) is 3.43. The molecular weight excluding hydrogens is 238 g/mol. The quantitative estimate of drug-likeness (QED) is 0.780. The van der Waals surface area contributed by atoms with E-state index < -0.39 is 0 Å². The minimum absolute atomic E-state index is 0.105. The Bertz CT molecular complexity index is 425. The zero-order valence-corrected chi connectivity index (χ0v) is 12.1. The molecule has 1 fully saturated rings. The van der Waals surface area contributed by atoms with Crippen LogP contribution >= 0.6 is 0 Å². The molecule has 0 aliphatic carbocycles. The molecule has 104 valence electrons. The summed E-state index contributed by atoms with van der Waals surface area (Å²) in [5.41, 5.74) is 2.02. The lowest BCUT2D eigenvalue weighted by atomic mass is 9.98. The number of nitrogens with zero attached hydrogens (tertiary/aromatic N) is 1. The van der Waals surface area contributed by atoms with E-state index in [0.29, 0.717) is 19.1 Å². The van der Waals surface area contributed by atoms with Gasteiger partial charge in [-0.25, -0.2) is 0 Å². The molecule has 1 unspecified atom stereocenters. The first kappa shape index (κ1) is 14.2. The number of Topliss-reactive ketones (excluding diaryl/α,β-unsaturated/α-hetero) is 1. The number of carbonyl (C=O) groups is 1. The van der Waals surface area contributed by atoms with Gasteiger partial charge < -0.3 is 4.74 Å². The molecule has 3 heteroatoms. The van der Waals surface area contributed by atoms with Gasteiger partial charge in [0.1, 0.15) is 6.10 Å². The maximum Gasteiger partial charge on any atom is 0.192 e. The molecule has 2 rings (SSSR count). The van der Waals surface area contributed by atoms with Crippen molar-refractivity contribution < 1.29 is 9.53 Å². The second kappa shape index (κ2) is 6.31. The number of ketones is 1. The molecular formula is C16H23NO2. The Balaban J connectivity index is 2.06. The van der Waals surface area contributed by atoms with Crippen LogP contribution in [0, 0.1) is 0 Å². The fourth-order valence-electron chi connectivity index (χ4n) is 2.37. The molecule has 3 nitrogen and oxygen atoms in total. The standard InChI is InChI=1S/C16H23NO2/c1-4-17-9-10-19-15(11-17)16(18)14-7-5-13(6-8-14)12(2)3/h5-8,12,15H,4,9-11H2,1-3H3. The van der Waals surface area contributed by atoms with Crippen LogP contribution in [0.3, 0.4) is 0 Å². The maximum absolute atomic E-state index is 12.4. The summed E-state index contributed by atoms with van der Waals surface area (Å²) in [5.74, 6) is 0.596. The molecule has 0 aromatic heterocycles. The fourth-order valence-corrected chi connectivity index (χ4v) is 2.37. The molecule has 19 heavy (non-hydrogen) atoms. The second-order valence-corrected chi connectivity index (χ2v) is 5.39. The molecule has 1 aromatic carbocycles. The number of ether oxygens (including phenoxy) is 1. The summed E-state index contributed by atoms with van der Waals surface area (Å²) in [7, 11) is 0. The first-order valence-corrected chi connectivity index (χ1v) is 7.10. The van der Waals surface area contributed by atoms with Gasteiger partial charge in [0.15, 0.2) is 5.78 Å². The van der Waals surface area contributed by atoms with Gasteiger partial charge in [-0.05, 0) is 18.0 Å². The van der Waals surface area contributed by atoms with Gasteiger partial charge in [0, 0.05) is 18.7 Å². The van der Waals surface area contributed by atoms with Gasteiger partial charge in [-0.15, -0.1) is 0 Å². The third-order valence-corrected chi connectivity index (χ3v) is 3.75. The SMILES string of the molecule is CCN1CCOC(C(=O)c2ccc(C(C)C)cc2)C1. The zero-order valence-electron chi connectivity index (χ0n) is 12.1. The summed E-state index contributed by atoms with van der Waals surface area (Å²) in [6, 6.07) is 7.93. The minimum atomic E-state index is -0.307. The molecule has 0 N–H and O–H groups in total. The lowest BCUT2D eigenvalue weighted by molar-refractivity contribution is -0.0148. The highest BCUT2D eigenvalue weighted by molar-refractivity contribution is 5.99. The van der Waals surface area contributed by atoms with Crippen molar-refractivity contribution in [1.82, 2.24) is 4.90 Å². The zero-order chi connectivity index (χ0) is 13.8. The summed E-state index contributed by atoms with van der Waals surface area (Å²) in [4.78, 5) is 14.6. The van der Waals surface area contributed by atoms with Crippen LogP contribution in [0.4, 0.5) is 0 Å². The maximum atomic E-state index is 12.4. The molecule has 1 aliphatic heterocycles. The number of hydrogen-bond donors (Lipinski definition) is 0. The average molecular weight is 261 g/mol. The predicted molar refractivity (Wildman–Crippen MR) is 76.7 cm³/mol. The average Bonchev–Trinajstić information content (AvgIpc) is 2.46. The fraction of sp³-hybridized carbons (Fsp3) is 0.562. The van der Waals surface area contributed by atoms with Crippen LogP contribution < -0.4 is 0 Å². The van der Waals surface area contributed by atoms with Gasteiger partial charge in [0.25, 0.3) is 0 Å². The summed E-state index contributed by atoms with van der Waals surface area (Å²) >= 11 is 0. The molecule has 0 amide bonds. The van der Waals surface area contributed by atoms with Crippen LogP contribution in [0.25, 0.3) is 0 Å². The topological polar surface area (TPSA) is 29.5 Å². The van der Waals surface area contributed by atoms with Crippen LogP contribution in [-0.2, 0) is 4.74 Å². The highest BCUT2D eigenvalue weighted by Gasteiger charge is 2.26. The largest absolute Gasteiger partial charge is 0.367 e. The van der Waals surface area contributed by atoms with Gasteiger partial charge in [0.05, 0.1) is 6.61 Å². The van der Waals surface area contributed by atoms with Crippen molar-refractivity contribution in [2.45, 2.75) is 32.8 Å². The molecule has 0 spiro atoms. The number of likely N-dealkylation sites (N-methyl/N-ethyl adjacent to an activating group) is 1. The summed E-state index contributed by atoms with van der Waals surface area (Å²) in [5, 5.41) is 0. The summed E-state index contributed by atoms with van der Waals surface area (Å²) in [6.45, 7) is 9.67. The summed E-state index contributed by atoms with van der Waals surface area (Å²) < 4.78 is 5.61. The van der Waals surface area contributed by atoms with Crippen LogP contribution in [0.2, 0.25) is 0 Å². The molecule has 1 aliphatic rings. The van der Waals surface area contributed by atoms with E-state index in [9.17, 15) is 4.79 Å². The number of hydrogen-bond acceptors (Lipinski definition) is 3. The molecule has 1 saturated heterocycles. The Kier molecular flexibility index (Phi) is 4.72. The van der Waals surface area contributed by atoms with Crippen molar-refractivity contribution >= 4 is 5.78 Å². The first-order chi connectivity index (χ1) is 9.11. The van der Waals surface area contributed by atoms with Crippen LogP contribution in [-0.4, -0.2) is 43.0 Å². The van der Waals surface area contributed by atoms with E-state index in [4.69, 9.17) is 4.74 Å². The number of rotatable bonds is 4. The van der Waals surface area contributed by atoms with Gasteiger partial charge in [-0.1, -0.05) is 45.0 Å². The van der Waals surface area contributed by atoms with Crippen LogP contribution in [0.15, 0.2) is 24.3 Å². The lowest BCUT2D eigenvalue weighted by Crippen LogP contribution is -2.45. The van der Waals surface area contributed by atoms with Gasteiger partial charge in [-0.2, -0.15) is 0 Å². The van der Waals surface area contributed by atoms with Crippen LogP contribution in [0.5, 0.6) is 0 Å². The smallest absolute Gasteiger partial charge is 0.192 e. The highest BCUT2D eigenvalue weighted by atomic mass is 16.5. The van der Waals surface area contributed by atoms with Gasteiger partial charge in [-0.3, -0.25) is 9.69 Å². The van der Waals surface area contributed by atoms with E-state index in [1.165, 1.54) is 5.56 Å². The van der Waals surface area contributed by atoms with Crippen molar-refractivity contribution in [3.05, 3.63) is 35.4 Å². The Labute approximate surface area is 115 Å². The van der Waals surface area contributed by atoms with E-state index >= 15 is 0 Å². The Morgan fingerprint density at radius 1 is 1.37 bits per heavy atom. The van der Waals surface area contributed by atoms with E-state index in [1.54, 1.807) is 0 Å². The van der Waals surface area contributed by atoms with E-state index in [-0.39, 0.29) is 11.9 Å². The summed E-state index contributed by atoms with van der Waals surface area (Å²) in [6.07, 6.45) is -0.307. The van der Waals surface area contributed by atoms with Crippen molar-refractivity contribution in [3.63, 3.8) is 0 Å². The lowest BCUT2D eigenvalue weighted by Gasteiger charge is -2.31. The third-order valence-electron chi connectivity index (χ3n) is 3.75. The minimum Gasteiger partial charge on any atom is -0.367 e. The van der Waals surface area contributed by atoms with Gasteiger partial charge in [0.2, 0.25) is 0 Å². The van der Waals surface area contributed by atoms with Crippen molar-refractivity contribution in [2.24, 2.45) is 0 Å². The first-order valence-electron chi connectivity index (χ1n) is 7.10. The van der Waals surface area contributed by atoms with E-state index in [2.05, 4.69) is 25.7 Å². The van der Waals surface area contributed by atoms with Crippen molar-refractivity contribution in [2.75, 3.05) is 26.2 Å². The number of carbonyl (C=O) groups excluding carboxylic acids is 1. The monoisotopic (exact) mass is 261 g/mol. The second-order valence-electron chi connectivity index (χ2n) is 5.39. The number of morpholine rings is 1. The van der Waals surface area contributed by atoms with Gasteiger partial charge >= 0.3 is 0 Å². The van der Waals surface area contributed by atoms with E-state index in [1.807, 2.05) is 24.3 Å². The number of benzene rings is 1. The molecule has 0 bridgehead atoms.